The summed E-state index contributed by atoms with van der Waals surface area (Å²) in [4.78, 5) is 0. The molecule has 0 radical (unpaired) electrons. The van der Waals surface area contributed by atoms with Gasteiger partial charge in [0.1, 0.15) is 5.60 Å². The predicted molar refractivity (Wildman–Crippen MR) is 66.8 cm³/mol. The average molecular weight is 258 g/mol. The molecule has 2 aliphatic rings. The van der Waals surface area contributed by atoms with Crippen LogP contribution in [-0.2, 0) is 0 Å². The van der Waals surface area contributed by atoms with Crippen LogP contribution in [0, 0.1) is 0 Å². The van der Waals surface area contributed by atoms with Crippen molar-refractivity contribution >= 4 is 28.9 Å². The smallest absolute Gasteiger partial charge is 0.162 e. The Morgan fingerprint density at radius 3 is 2.69 bits per heavy atom. The maximum atomic E-state index is 6.16. The van der Waals surface area contributed by atoms with Crippen molar-refractivity contribution in [3.8, 4) is 5.75 Å². The van der Waals surface area contributed by atoms with Crippen molar-refractivity contribution in [3.05, 3.63) is 22.2 Å². The molecule has 3 rings (SSSR count). The Morgan fingerprint density at radius 1 is 1.19 bits per heavy atom. The Kier molecular flexibility index (Phi) is 2.45. The highest BCUT2D eigenvalue weighted by Gasteiger charge is 2.39. The molecule has 0 amide bonds. The van der Waals surface area contributed by atoms with Crippen molar-refractivity contribution in [1.29, 1.82) is 0 Å². The molecule has 1 N–H and O–H groups in total. The van der Waals surface area contributed by atoms with E-state index in [1.807, 2.05) is 6.07 Å². The number of fused-ring (bicyclic) bond motifs is 1. The summed E-state index contributed by atoms with van der Waals surface area (Å²) in [6, 6.07) is 3.60. The number of anilines is 1. The van der Waals surface area contributed by atoms with Gasteiger partial charge in [-0.05, 0) is 37.8 Å². The van der Waals surface area contributed by atoms with E-state index in [-0.39, 0.29) is 5.60 Å². The molecule has 2 nitrogen and oxygen atoms in total. The SMILES string of the molecule is Clc1cc(Cl)c2c(c1)NCC1(CCCC1)O2. The molecule has 0 saturated heterocycles. The molecule has 16 heavy (non-hydrogen) atoms. The fourth-order valence-corrected chi connectivity index (χ4v) is 3.13. The summed E-state index contributed by atoms with van der Waals surface area (Å²) in [7, 11) is 0. The Labute approximate surface area is 105 Å². The van der Waals surface area contributed by atoms with Crippen LogP contribution in [0.4, 0.5) is 5.69 Å². The van der Waals surface area contributed by atoms with Gasteiger partial charge in [-0.1, -0.05) is 23.2 Å². The van der Waals surface area contributed by atoms with E-state index >= 15 is 0 Å². The van der Waals surface area contributed by atoms with E-state index in [4.69, 9.17) is 27.9 Å². The van der Waals surface area contributed by atoms with Crippen LogP contribution >= 0.6 is 23.2 Å². The number of rotatable bonds is 0. The van der Waals surface area contributed by atoms with Gasteiger partial charge >= 0.3 is 0 Å². The van der Waals surface area contributed by atoms with Crippen LogP contribution in [0.5, 0.6) is 5.75 Å². The van der Waals surface area contributed by atoms with E-state index in [0.717, 1.165) is 30.8 Å². The van der Waals surface area contributed by atoms with Crippen molar-refractivity contribution in [2.75, 3.05) is 11.9 Å². The summed E-state index contributed by atoms with van der Waals surface area (Å²) in [5.74, 6) is 0.763. The Hall–Kier alpha value is -0.600. The lowest BCUT2D eigenvalue weighted by Crippen LogP contribution is -2.43. The van der Waals surface area contributed by atoms with E-state index in [1.54, 1.807) is 6.07 Å². The molecule has 1 aliphatic carbocycles. The van der Waals surface area contributed by atoms with Gasteiger partial charge in [-0.3, -0.25) is 0 Å². The molecule has 1 aliphatic heterocycles. The highest BCUT2D eigenvalue weighted by molar-refractivity contribution is 6.36. The van der Waals surface area contributed by atoms with Crippen molar-refractivity contribution < 1.29 is 4.74 Å². The molecular formula is C12H13Cl2NO. The molecule has 1 aromatic rings. The van der Waals surface area contributed by atoms with Crippen LogP contribution in [0.2, 0.25) is 10.0 Å². The minimum atomic E-state index is -0.0372. The minimum Gasteiger partial charge on any atom is -0.482 e. The lowest BCUT2D eigenvalue weighted by atomic mass is 10.00. The average Bonchev–Trinajstić information content (AvgIpc) is 2.68. The highest BCUT2D eigenvalue weighted by Crippen LogP contribution is 2.45. The molecule has 0 aromatic heterocycles. The van der Waals surface area contributed by atoms with E-state index < -0.39 is 0 Å². The third-order valence-electron chi connectivity index (χ3n) is 3.44. The summed E-state index contributed by atoms with van der Waals surface area (Å²) >= 11 is 12.1. The first-order valence-electron chi connectivity index (χ1n) is 5.61. The van der Waals surface area contributed by atoms with E-state index in [1.165, 1.54) is 12.8 Å². The maximum Gasteiger partial charge on any atom is 0.162 e. The molecule has 1 saturated carbocycles. The number of hydrogen-bond donors (Lipinski definition) is 1. The van der Waals surface area contributed by atoms with Gasteiger partial charge in [-0.2, -0.15) is 0 Å². The molecule has 0 bridgehead atoms. The van der Waals surface area contributed by atoms with E-state index in [9.17, 15) is 0 Å². The van der Waals surface area contributed by atoms with Gasteiger partial charge in [-0.15, -0.1) is 0 Å². The van der Waals surface area contributed by atoms with Crippen molar-refractivity contribution in [3.63, 3.8) is 0 Å². The van der Waals surface area contributed by atoms with Crippen LogP contribution in [0.25, 0.3) is 0 Å². The second kappa shape index (κ2) is 3.71. The second-order valence-electron chi connectivity index (χ2n) is 4.61. The molecule has 0 unspecified atom stereocenters. The molecule has 1 heterocycles. The third kappa shape index (κ3) is 1.64. The number of hydrogen-bond acceptors (Lipinski definition) is 2. The molecule has 4 heteroatoms. The first kappa shape index (κ1) is 10.5. The van der Waals surface area contributed by atoms with Crippen LogP contribution in [-0.4, -0.2) is 12.1 Å². The van der Waals surface area contributed by atoms with Crippen LogP contribution in [0.3, 0.4) is 0 Å². The second-order valence-corrected chi connectivity index (χ2v) is 5.45. The molecule has 0 atom stereocenters. The first-order chi connectivity index (χ1) is 7.69. The topological polar surface area (TPSA) is 21.3 Å². The standard InChI is InChI=1S/C12H13Cl2NO/c13-8-5-9(14)11-10(6-8)15-7-12(16-11)3-1-2-4-12/h5-6,15H,1-4,7H2. The maximum absolute atomic E-state index is 6.16. The monoisotopic (exact) mass is 257 g/mol. The quantitative estimate of drug-likeness (QED) is 0.756. The van der Waals surface area contributed by atoms with Crippen LogP contribution in [0.1, 0.15) is 25.7 Å². The lowest BCUT2D eigenvalue weighted by molar-refractivity contribution is 0.0831. The first-order valence-corrected chi connectivity index (χ1v) is 6.36. The summed E-state index contributed by atoms with van der Waals surface area (Å²) in [6.07, 6.45) is 4.70. The molecular weight excluding hydrogens is 245 g/mol. The Bertz CT molecular complexity index is 427. The zero-order valence-corrected chi connectivity index (χ0v) is 10.4. The van der Waals surface area contributed by atoms with Crippen molar-refractivity contribution in [2.45, 2.75) is 31.3 Å². The minimum absolute atomic E-state index is 0.0372. The molecule has 1 aromatic carbocycles. The zero-order chi connectivity index (χ0) is 11.2. The van der Waals surface area contributed by atoms with Gasteiger partial charge in [0.2, 0.25) is 0 Å². The van der Waals surface area contributed by atoms with Gasteiger partial charge < -0.3 is 10.1 Å². The predicted octanol–water partition coefficient (Wildman–Crippen LogP) is 4.11. The lowest BCUT2D eigenvalue weighted by Gasteiger charge is -2.36. The third-order valence-corrected chi connectivity index (χ3v) is 3.94. The number of nitrogens with one attached hydrogen (secondary N) is 1. The van der Waals surface area contributed by atoms with Crippen LogP contribution in [0.15, 0.2) is 12.1 Å². The summed E-state index contributed by atoms with van der Waals surface area (Å²) in [5, 5.41) is 4.62. The van der Waals surface area contributed by atoms with Gasteiger partial charge in [0, 0.05) is 5.02 Å². The number of benzene rings is 1. The van der Waals surface area contributed by atoms with Crippen molar-refractivity contribution in [1.82, 2.24) is 0 Å². The largest absolute Gasteiger partial charge is 0.482 e. The molecule has 86 valence electrons. The zero-order valence-electron chi connectivity index (χ0n) is 8.85. The van der Waals surface area contributed by atoms with E-state index in [2.05, 4.69) is 5.32 Å². The fraction of sp³-hybridized carbons (Fsp3) is 0.500. The molecule has 1 fully saturated rings. The summed E-state index contributed by atoms with van der Waals surface area (Å²) in [5.41, 5.74) is 0.875. The van der Waals surface area contributed by atoms with E-state index in [0.29, 0.717) is 10.0 Å². The normalized spacial score (nSPS) is 21.4. The summed E-state index contributed by atoms with van der Waals surface area (Å²) in [6.45, 7) is 0.858. The summed E-state index contributed by atoms with van der Waals surface area (Å²) < 4.78 is 6.11. The Morgan fingerprint density at radius 2 is 1.94 bits per heavy atom. The van der Waals surface area contributed by atoms with Gasteiger partial charge in [0.25, 0.3) is 0 Å². The van der Waals surface area contributed by atoms with Gasteiger partial charge in [0.15, 0.2) is 5.75 Å². The number of ether oxygens (including phenoxy) is 1. The fourth-order valence-electron chi connectivity index (χ4n) is 2.60. The Balaban J connectivity index is 1.99. The number of halogens is 2. The van der Waals surface area contributed by atoms with Gasteiger partial charge in [-0.25, -0.2) is 0 Å². The van der Waals surface area contributed by atoms with Crippen molar-refractivity contribution in [2.24, 2.45) is 0 Å². The van der Waals surface area contributed by atoms with Crippen LogP contribution < -0.4 is 10.1 Å². The van der Waals surface area contributed by atoms with Gasteiger partial charge in [0.05, 0.1) is 17.3 Å². The highest BCUT2D eigenvalue weighted by atomic mass is 35.5. The molecule has 1 spiro atoms.